The molecule has 0 heterocycles. The van der Waals surface area contributed by atoms with Crippen molar-refractivity contribution in [2.75, 3.05) is 26.2 Å². The van der Waals surface area contributed by atoms with Crippen molar-refractivity contribution in [1.29, 1.82) is 0 Å². The predicted octanol–water partition coefficient (Wildman–Crippen LogP) is 8.28. The Morgan fingerprint density at radius 2 is 0.577 bits per heavy atom. The molecule has 1 nitrogen and oxygen atoms in total. The molecule has 0 bridgehead atoms. The van der Waals surface area contributed by atoms with Gasteiger partial charge < -0.3 is 4.48 Å². The first-order chi connectivity index (χ1) is 12.2. The lowest BCUT2D eigenvalue weighted by Crippen LogP contribution is -2.50. The van der Waals surface area contributed by atoms with Gasteiger partial charge in [-0.1, -0.05) is 79.1 Å². The smallest absolute Gasteiger partial charge is 0.0786 e. The van der Waals surface area contributed by atoms with Crippen molar-refractivity contribution >= 4 is 0 Å². The third-order valence-electron chi connectivity index (χ3n) is 5.94. The molecule has 0 saturated carbocycles. The van der Waals surface area contributed by atoms with E-state index in [4.69, 9.17) is 0 Å². The molecule has 2 heteroatoms. The average molecular weight is 375 g/mol. The summed E-state index contributed by atoms with van der Waals surface area (Å²) in [7, 11) is 0. The third-order valence-corrected chi connectivity index (χ3v) is 5.94. The number of hydrogen-bond acceptors (Lipinski definition) is 0. The maximum atomic E-state index is 2.34. The molecule has 0 atom stereocenters. The Labute approximate surface area is 166 Å². The van der Waals surface area contributed by atoms with Crippen LogP contribution in [0.15, 0.2) is 0 Å². The van der Waals surface area contributed by atoms with Crippen molar-refractivity contribution < 1.29 is 9.19 Å². The van der Waals surface area contributed by atoms with Gasteiger partial charge in [-0.2, -0.15) is 0 Å². The standard InChI is InChI=1S/C24H52N.FH/c1-5-9-13-17-21-25(22-18-14-10-6-2,23-19-15-11-7-3)24-20-16-12-8-4;/h5-24H2,1-4H3;1H/q+1;. The summed E-state index contributed by atoms with van der Waals surface area (Å²) in [6, 6.07) is 0. The molecule has 0 N–H and O–H groups in total. The van der Waals surface area contributed by atoms with Gasteiger partial charge >= 0.3 is 0 Å². The summed E-state index contributed by atoms with van der Waals surface area (Å²) in [5.41, 5.74) is 0. The number of unbranched alkanes of at least 4 members (excludes halogenated alkanes) is 12. The third kappa shape index (κ3) is 16.1. The van der Waals surface area contributed by atoms with Gasteiger partial charge in [-0.15, -0.1) is 0 Å². The minimum atomic E-state index is 0. The first kappa shape index (κ1) is 28.1. The summed E-state index contributed by atoms with van der Waals surface area (Å²) < 4.78 is 1.46. The fraction of sp³-hybridized carbons (Fsp3) is 1.00. The molecule has 160 valence electrons. The zero-order chi connectivity index (χ0) is 18.6. The van der Waals surface area contributed by atoms with E-state index in [9.17, 15) is 0 Å². The van der Waals surface area contributed by atoms with Crippen molar-refractivity contribution in [3.05, 3.63) is 0 Å². The molecule has 26 heavy (non-hydrogen) atoms. The van der Waals surface area contributed by atoms with Crippen molar-refractivity contribution in [3.63, 3.8) is 0 Å². The highest BCUT2D eigenvalue weighted by Crippen LogP contribution is 2.19. The van der Waals surface area contributed by atoms with Crippen molar-refractivity contribution in [2.24, 2.45) is 0 Å². The molecule has 0 radical (unpaired) electrons. The first-order valence-electron chi connectivity index (χ1n) is 12.1. The largest absolute Gasteiger partial charge is 0.324 e. The molecule has 0 amide bonds. The fourth-order valence-corrected chi connectivity index (χ4v) is 4.17. The van der Waals surface area contributed by atoms with Crippen molar-refractivity contribution in [2.45, 2.75) is 130 Å². The molecule has 0 unspecified atom stereocenters. The normalized spacial score (nSPS) is 11.5. The molecule has 0 saturated heterocycles. The fourth-order valence-electron chi connectivity index (χ4n) is 4.17. The molecule has 0 aliphatic carbocycles. The van der Waals surface area contributed by atoms with Gasteiger partial charge in [0.1, 0.15) is 0 Å². The Balaban J connectivity index is 0. The molecule has 0 fully saturated rings. The quantitative estimate of drug-likeness (QED) is 0.148. The van der Waals surface area contributed by atoms with Gasteiger partial charge in [0.05, 0.1) is 26.2 Å². The van der Waals surface area contributed by atoms with Crippen LogP contribution < -0.4 is 0 Å². The zero-order valence-corrected chi connectivity index (χ0v) is 19.0. The van der Waals surface area contributed by atoms with E-state index in [1.165, 1.54) is 133 Å². The minimum Gasteiger partial charge on any atom is -0.324 e. The summed E-state index contributed by atoms with van der Waals surface area (Å²) in [5, 5.41) is 0. The Morgan fingerprint density at radius 1 is 0.346 bits per heavy atom. The molecule has 0 aliphatic rings. The van der Waals surface area contributed by atoms with Crippen LogP contribution in [0.1, 0.15) is 130 Å². The van der Waals surface area contributed by atoms with E-state index in [0.717, 1.165) is 0 Å². The van der Waals surface area contributed by atoms with Crippen LogP contribution in [0.2, 0.25) is 0 Å². The van der Waals surface area contributed by atoms with Gasteiger partial charge in [0.2, 0.25) is 0 Å². The number of halogens is 1. The van der Waals surface area contributed by atoms with Gasteiger partial charge in [-0.3, -0.25) is 4.70 Å². The van der Waals surface area contributed by atoms with E-state index in [2.05, 4.69) is 27.7 Å². The van der Waals surface area contributed by atoms with Gasteiger partial charge in [-0.25, -0.2) is 0 Å². The Kier molecular flexibility index (Phi) is 22.9. The van der Waals surface area contributed by atoms with E-state index < -0.39 is 0 Å². The molecule has 0 aromatic rings. The maximum Gasteiger partial charge on any atom is 0.0786 e. The molecule has 0 rings (SSSR count). The number of nitrogens with zero attached hydrogens (tertiary/aromatic N) is 1. The van der Waals surface area contributed by atoms with Crippen LogP contribution in [0.5, 0.6) is 0 Å². The van der Waals surface area contributed by atoms with Gasteiger partial charge in [0.25, 0.3) is 0 Å². The lowest BCUT2D eigenvalue weighted by Gasteiger charge is -2.39. The highest BCUT2D eigenvalue weighted by atomic mass is 19.0. The summed E-state index contributed by atoms with van der Waals surface area (Å²) in [5.74, 6) is 0. The van der Waals surface area contributed by atoms with Crippen LogP contribution in [0, 0.1) is 0 Å². The number of quaternary nitrogens is 1. The molecule has 0 aromatic heterocycles. The molecular formula is C24H53FN+. The lowest BCUT2D eigenvalue weighted by atomic mass is 10.1. The SMILES string of the molecule is CCCCCC[N+](CCCCCC)(CCCCCC)CCCCCC.F. The second-order valence-electron chi connectivity index (χ2n) is 8.48. The van der Waals surface area contributed by atoms with Crippen LogP contribution >= 0.6 is 0 Å². The highest BCUT2D eigenvalue weighted by molar-refractivity contribution is 4.53. The monoisotopic (exact) mass is 374 g/mol. The average Bonchev–Trinajstić information content (AvgIpc) is 2.63. The van der Waals surface area contributed by atoms with E-state index in [1.54, 1.807) is 0 Å². The Morgan fingerprint density at radius 3 is 0.769 bits per heavy atom. The van der Waals surface area contributed by atoms with E-state index >= 15 is 0 Å². The van der Waals surface area contributed by atoms with Crippen LogP contribution in [0.25, 0.3) is 0 Å². The van der Waals surface area contributed by atoms with Crippen LogP contribution in [-0.2, 0) is 0 Å². The van der Waals surface area contributed by atoms with Crippen molar-refractivity contribution in [3.8, 4) is 0 Å². The Hall–Kier alpha value is -0.110. The second kappa shape index (κ2) is 21.2. The summed E-state index contributed by atoms with van der Waals surface area (Å²) >= 11 is 0. The van der Waals surface area contributed by atoms with Crippen LogP contribution in [0.4, 0.5) is 4.70 Å². The highest BCUT2D eigenvalue weighted by Gasteiger charge is 2.25. The molecule has 0 spiro atoms. The first-order valence-corrected chi connectivity index (χ1v) is 12.1. The summed E-state index contributed by atoms with van der Waals surface area (Å²) in [4.78, 5) is 0. The number of rotatable bonds is 20. The molecule has 0 aliphatic heterocycles. The van der Waals surface area contributed by atoms with Crippen molar-refractivity contribution in [1.82, 2.24) is 0 Å². The number of hydrogen-bond donors (Lipinski definition) is 0. The molecular weight excluding hydrogens is 321 g/mol. The van der Waals surface area contributed by atoms with Gasteiger partial charge in [0.15, 0.2) is 0 Å². The summed E-state index contributed by atoms with van der Waals surface area (Å²) in [6.07, 6.45) is 22.8. The zero-order valence-electron chi connectivity index (χ0n) is 19.0. The maximum absolute atomic E-state index is 2.34. The Bertz CT molecular complexity index is 201. The second-order valence-corrected chi connectivity index (χ2v) is 8.48. The van der Waals surface area contributed by atoms with Gasteiger partial charge in [-0.05, 0) is 51.4 Å². The van der Waals surface area contributed by atoms with Gasteiger partial charge in [0, 0.05) is 0 Å². The van der Waals surface area contributed by atoms with Crippen LogP contribution in [0.3, 0.4) is 0 Å². The molecule has 0 aromatic carbocycles. The minimum absolute atomic E-state index is 0. The lowest BCUT2D eigenvalue weighted by molar-refractivity contribution is -0.929. The summed E-state index contributed by atoms with van der Waals surface area (Å²) in [6.45, 7) is 15.2. The topological polar surface area (TPSA) is 0 Å². The van der Waals surface area contributed by atoms with E-state index in [-0.39, 0.29) is 4.70 Å². The predicted molar refractivity (Wildman–Crippen MR) is 119 cm³/mol. The van der Waals surface area contributed by atoms with E-state index in [0.29, 0.717) is 0 Å². The van der Waals surface area contributed by atoms with E-state index in [1.807, 2.05) is 0 Å². The van der Waals surface area contributed by atoms with Crippen LogP contribution in [-0.4, -0.2) is 30.7 Å².